The van der Waals surface area contributed by atoms with Gasteiger partial charge in [0.2, 0.25) is 0 Å². The van der Waals surface area contributed by atoms with E-state index in [0.29, 0.717) is 19.5 Å². The van der Waals surface area contributed by atoms with E-state index in [1.807, 2.05) is 0 Å². The first-order valence-electron chi connectivity index (χ1n) is 14.5. The zero-order valence-electron chi connectivity index (χ0n) is 23.2. The Kier molecular flexibility index (Phi) is 11.0. The van der Waals surface area contributed by atoms with E-state index in [2.05, 4.69) is 10.6 Å². The van der Waals surface area contributed by atoms with E-state index in [1.165, 1.54) is 0 Å². The number of nitrogens with two attached hydrogens (primary N) is 5. The summed E-state index contributed by atoms with van der Waals surface area (Å²) in [6, 6.07) is -3.72. The Morgan fingerprint density at radius 2 is 1.73 bits per heavy atom. The molecule has 0 aromatic rings. The van der Waals surface area contributed by atoms with Crippen LogP contribution < -0.4 is 39.3 Å². The number of hydrogen-bond acceptors (Lipinski definition) is 15. The minimum absolute atomic E-state index is 0.0796. The maximum Gasteiger partial charge on any atom is 0.253 e. The average Bonchev–Trinajstić information content (AvgIpc) is 3.58. The van der Waals surface area contributed by atoms with Crippen LogP contribution in [0.4, 0.5) is 0 Å². The fourth-order valence-electron chi connectivity index (χ4n) is 6.32. The first-order valence-corrected chi connectivity index (χ1v) is 14.5. The number of aliphatic hydroxyl groups excluding tert-OH is 4. The molecule has 0 aromatic heterocycles. The van der Waals surface area contributed by atoms with Crippen molar-refractivity contribution in [2.45, 2.75) is 117 Å². The monoisotopic (exact) mass is 591 g/mol. The van der Waals surface area contributed by atoms with Crippen molar-refractivity contribution in [2.75, 3.05) is 26.2 Å². The van der Waals surface area contributed by atoms with Gasteiger partial charge in [0, 0.05) is 37.0 Å². The quantitative estimate of drug-likeness (QED) is 0.0994. The van der Waals surface area contributed by atoms with E-state index in [0.717, 1.165) is 12.8 Å². The molecule has 16 nitrogen and oxygen atoms in total. The molecule has 15 atom stereocenters. The highest BCUT2D eigenvalue weighted by atomic mass is 16.7. The van der Waals surface area contributed by atoms with Crippen LogP contribution in [0.1, 0.15) is 32.1 Å². The van der Waals surface area contributed by atoms with Crippen LogP contribution in [0.25, 0.3) is 0 Å². The second kappa shape index (κ2) is 13.7. The van der Waals surface area contributed by atoms with Crippen LogP contribution in [-0.4, -0.2) is 143 Å². The lowest BCUT2D eigenvalue weighted by Gasteiger charge is -2.51. The highest BCUT2D eigenvalue weighted by Gasteiger charge is 2.59. The summed E-state index contributed by atoms with van der Waals surface area (Å²) in [5, 5.41) is 59.2. The third kappa shape index (κ3) is 6.86. The number of amides is 1. The fourth-order valence-corrected chi connectivity index (χ4v) is 6.32. The predicted octanol–water partition coefficient (Wildman–Crippen LogP) is -6.39. The maximum absolute atomic E-state index is 12.9. The summed E-state index contributed by atoms with van der Waals surface area (Å²) in [7, 11) is 0. The molecule has 2 saturated heterocycles. The van der Waals surface area contributed by atoms with E-state index in [4.69, 9.17) is 42.9 Å². The van der Waals surface area contributed by atoms with Gasteiger partial charge in [-0.05, 0) is 38.8 Å². The molecule has 2 aliphatic heterocycles. The summed E-state index contributed by atoms with van der Waals surface area (Å²) in [5.74, 6) is -1.43. The number of ether oxygens (including phenoxy) is 3. The molecule has 0 aromatic carbocycles. The summed E-state index contributed by atoms with van der Waals surface area (Å²) in [6.45, 7) is 0.825. The predicted molar refractivity (Wildman–Crippen MR) is 145 cm³/mol. The lowest BCUT2D eigenvalue weighted by molar-refractivity contribution is -0.306. The highest BCUT2D eigenvalue weighted by molar-refractivity contribution is 5.89. The van der Waals surface area contributed by atoms with Crippen LogP contribution in [0.3, 0.4) is 0 Å². The largest absolute Gasteiger partial charge is 0.394 e. The third-order valence-corrected chi connectivity index (χ3v) is 9.05. The smallest absolute Gasteiger partial charge is 0.253 e. The number of rotatable bonds is 11. The van der Waals surface area contributed by atoms with E-state index in [9.17, 15) is 30.3 Å². The topological polar surface area (TPSA) is 300 Å². The molecule has 4 aliphatic rings. The summed E-state index contributed by atoms with van der Waals surface area (Å²) >= 11 is 0. The second-order valence-electron chi connectivity index (χ2n) is 11.9. The Labute approximate surface area is 239 Å². The number of hydrogen-bond donors (Lipinski definition) is 12. The number of carbonyl (C=O) groups is 1. The van der Waals surface area contributed by atoms with Crippen LogP contribution in [0.15, 0.2) is 0 Å². The molecule has 4 fully saturated rings. The van der Waals surface area contributed by atoms with Crippen LogP contribution in [0.2, 0.25) is 0 Å². The standard InChI is InChI=1S/C25H49N7O9/c26-4-1-5-31-12-3-2-10(8-27)39-21(12)16-11(28)6-13(32-24(37)25(38)7-15(25)29)22(19(16)35)41-23-20(36)17(30)18(34)14(9-33)40-23/h10-23,31,33-36,38H,1-9,26-30H2,(H,32,37). The van der Waals surface area contributed by atoms with Crippen molar-refractivity contribution in [2.24, 2.45) is 34.6 Å². The van der Waals surface area contributed by atoms with Crippen LogP contribution >= 0.6 is 0 Å². The van der Waals surface area contributed by atoms with Gasteiger partial charge in [0.15, 0.2) is 11.9 Å². The summed E-state index contributed by atoms with van der Waals surface area (Å²) in [4.78, 5) is 12.9. The molecule has 17 N–H and O–H groups in total. The van der Waals surface area contributed by atoms with Gasteiger partial charge in [-0.3, -0.25) is 4.79 Å². The van der Waals surface area contributed by atoms with E-state index < -0.39 is 91.1 Å². The van der Waals surface area contributed by atoms with Gasteiger partial charge in [0.05, 0.1) is 37.0 Å². The lowest BCUT2D eigenvalue weighted by atomic mass is 9.72. The molecule has 2 aliphatic carbocycles. The Hall–Kier alpha value is -1.09. The lowest BCUT2D eigenvalue weighted by Crippen LogP contribution is -2.70. The van der Waals surface area contributed by atoms with E-state index >= 15 is 0 Å². The minimum atomic E-state index is -1.75. The molecule has 4 rings (SSSR count). The minimum Gasteiger partial charge on any atom is -0.394 e. The molecule has 0 bridgehead atoms. The molecular weight excluding hydrogens is 542 g/mol. The Morgan fingerprint density at radius 3 is 2.34 bits per heavy atom. The van der Waals surface area contributed by atoms with E-state index in [1.54, 1.807) is 0 Å². The third-order valence-electron chi connectivity index (χ3n) is 9.05. The van der Waals surface area contributed by atoms with Crippen molar-refractivity contribution >= 4 is 5.91 Å². The number of carbonyl (C=O) groups excluding carboxylic acids is 1. The maximum atomic E-state index is 12.9. The molecule has 41 heavy (non-hydrogen) atoms. The molecule has 0 radical (unpaired) electrons. The second-order valence-corrected chi connectivity index (χ2v) is 11.9. The molecular formula is C25H49N7O9. The van der Waals surface area contributed by atoms with Gasteiger partial charge in [0.25, 0.3) is 5.91 Å². The van der Waals surface area contributed by atoms with Crippen molar-refractivity contribution in [3.8, 4) is 0 Å². The highest BCUT2D eigenvalue weighted by Crippen LogP contribution is 2.39. The summed E-state index contributed by atoms with van der Waals surface area (Å²) in [5.41, 5.74) is 28.2. The van der Waals surface area contributed by atoms with Crippen LogP contribution in [-0.2, 0) is 19.0 Å². The van der Waals surface area contributed by atoms with Crippen molar-refractivity contribution in [1.29, 1.82) is 0 Å². The SMILES string of the molecule is NCCCNC1CCC(CN)OC1C1C(N)CC(NC(=O)C2(O)CC2N)C(OC2OC(CO)C(O)C(N)C2O)C1O. The molecule has 1 amide bonds. The normalized spacial score (nSPS) is 48.5. The van der Waals surface area contributed by atoms with Crippen molar-refractivity contribution in [1.82, 2.24) is 10.6 Å². The van der Waals surface area contributed by atoms with Crippen LogP contribution in [0.5, 0.6) is 0 Å². The molecule has 16 heteroatoms. The van der Waals surface area contributed by atoms with Crippen molar-refractivity contribution < 1.29 is 44.5 Å². The molecule has 2 saturated carbocycles. The Bertz CT molecular complexity index is 875. The Balaban J connectivity index is 1.60. The van der Waals surface area contributed by atoms with Gasteiger partial charge in [-0.1, -0.05) is 0 Å². The van der Waals surface area contributed by atoms with Gasteiger partial charge in [-0.15, -0.1) is 0 Å². The zero-order chi connectivity index (χ0) is 30.1. The fraction of sp³-hybridized carbons (Fsp3) is 0.960. The Morgan fingerprint density at radius 1 is 1.02 bits per heavy atom. The first kappa shape index (κ1) is 32.8. The van der Waals surface area contributed by atoms with Gasteiger partial charge in [-0.25, -0.2) is 0 Å². The van der Waals surface area contributed by atoms with Gasteiger partial charge in [0.1, 0.15) is 24.4 Å². The van der Waals surface area contributed by atoms with Crippen LogP contribution in [0, 0.1) is 5.92 Å². The van der Waals surface area contributed by atoms with Gasteiger partial charge in [-0.2, -0.15) is 0 Å². The number of nitrogens with one attached hydrogen (secondary N) is 2. The van der Waals surface area contributed by atoms with Crippen molar-refractivity contribution in [3.63, 3.8) is 0 Å². The first-order chi connectivity index (χ1) is 19.5. The van der Waals surface area contributed by atoms with Gasteiger partial charge < -0.3 is 79.0 Å². The molecule has 238 valence electrons. The van der Waals surface area contributed by atoms with Crippen molar-refractivity contribution in [3.05, 3.63) is 0 Å². The van der Waals surface area contributed by atoms with E-state index in [-0.39, 0.29) is 31.5 Å². The summed E-state index contributed by atoms with van der Waals surface area (Å²) < 4.78 is 18.1. The average molecular weight is 592 g/mol. The molecule has 2 heterocycles. The zero-order valence-corrected chi connectivity index (χ0v) is 23.2. The number of aliphatic hydroxyl groups is 5. The molecule has 0 spiro atoms. The summed E-state index contributed by atoms with van der Waals surface area (Å²) in [6.07, 6.45) is -6.51. The molecule has 15 unspecified atom stereocenters. The van der Waals surface area contributed by atoms with Gasteiger partial charge >= 0.3 is 0 Å².